The van der Waals surface area contributed by atoms with Gasteiger partial charge in [-0.05, 0) is 43.9 Å². The van der Waals surface area contributed by atoms with E-state index in [2.05, 4.69) is 12.2 Å². The molecule has 1 heterocycles. The predicted octanol–water partition coefficient (Wildman–Crippen LogP) is 1.61. The fourth-order valence-electron chi connectivity index (χ4n) is 4.25. The molecule has 0 aromatic carbocycles. The summed E-state index contributed by atoms with van der Waals surface area (Å²) in [5.41, 5.74) is 0. The average molecular weight is 341 g/mol. The Labute approximate surface area is 124 Å². The molecule has 5 N–H and O–H groups in total. The molecule has 0 aromatic rings. The van der Waals surface area contributed by atoms with Crippen molar-refractivity contribution in [3.05, 3.63) is 0 Å². The summed E-state index contributed by atoms with van der Waals surface area (Å²) < 4.78 is 23.7. The normalized spacial score (nSPS) is 36.5. The molecule has 1 saturated carbocycles. The van der Waals surface area contributed by atoms with E-state index in [0.717, 1.165) is 12.8 Å². The third-order valence-electron chi connectivity index (χ3n) is 5.42. The smallest absolute Gasteiger partial charge is 0.324 e. The Morgan fingerprint density at radius 1 is 1.00 bits per heavy atom. The molecule has 4 unspecified atom stereocenters. The van der Waals surface area contributed by atoms with Crippen LogP contribution in [0.4, 0.5) is 0 Å². The first-order valence-corrected chi connectivity index (χ1v) is 10.7. The lowest BCUT2D eigenvalue weighted by atomic mass is 9.74. The lowest BCUT2D eigenvalue weighted by molar-refractivity contribution is 0.188. The number of nitrogens with one attached hydrogen (secondary N) is 1. The monoisotopic (exact) mass is 341 g/mol. The van der Waals surface area contributed by atoms with Crippen LogP contribution in [-0.2, 0) is 9.13 Å². The Balaban J connectivity index is 2.39. The highest BCUT2D eigenvalue weighted by Crippen LogP contribution is 2.75. The van der Waals surface area contributed by atoms with E-state index in [4.69, 9.17) is 0 Å². The number of hydrogen-bond acceptors (Lipinski definition) is 3. The molecule has 2 fully saturated rings. The molecule has 9 heteroatoms. The molecule has 1 aliphatic carbocycles. The Bertz CT molecular complexity index is 464. The van der Waals surface area contributed by atoms with Crippen LogP contribution >= 0.6 is 15.2 Å². The minimum atomic E-state index is -4.90. The Morgan fingerprint density at radius 2 is 1.48 bits per heavy atom. The first kappa shape index (κ1) is 17.6. The van der Waals surface area contributed by atoms with Gasteiger partial charge in [-0.15, -0.1) is 0 Å². The van der Waals surface area contributed by atoms with Gasteiger partial charge in [-0.1, -0.05) is 13.8 Å². The maximum Gasteiger partial charge on any atom is 0.343 e. The highest BCUT2D eigenvalue weighted by Gasteiger charge is 2.64. The van der Waals surface area contributed by atoms with Crippen molar-refractivity contribution in [1.82, 2.24) is 5.32 Å². The van der Waals surface area contributed by atoms with Crippen LogP contribution in [0, 0.1) is 11.8 Å². The van der Waals surface area contributed by atoms with Gasteiger partial charge in [0.25, 0.3) is 0 Å². The van der Waals surface area contributed by atoms with Crippen molar-refractivity contribution < 1.29 is 28.7 Å². The minimum Gasteiger partial charge on any atom is -0.324 e. The second kappa shape index (κ2) is 5.72. The average Bonchev–Trinajstić information content (AvgIpc) is 2.72. The standard InChI is InChI=1S/C12H25NO6P2/c1-3-10-8-5-6-12(20(14,15)16,21(17,18)19)7-9(8)11(4-2)13-10/h8-11,13H,3-7H2,1-2H3,(H2,14,15,16)(H2,17,18,19). The molecule has 0 bridgehead atoms. The molecule has 4 atom stereocenters. The molecule has 0 radical (unpaired) electrons. The van der Waals surface area contributed by atoms with Gasteiger partial charge in [0, 0.05) is 12.1 Å². The van der Waals surface area contributed by atoms with E-state index in [9.17, 15) is 28.7 Å². The topological polar surface area (TPSA) is 127 Å². The van der Waals surface area contributed by atoms with Crippen molar-refractivity contribution in [2.24, 2.45) is 11.8 Å². The maximum absolute atomic E-state index is 11.9. The summed E-state index contributed by atoms with van der Waals surface area (Å²) in [5, 5.41) is 3.47. The van der Waals surface area contributed by atoms with E-state index < -0.39 is 20.1 Å². The molecule has 1 aliphatic heterocycles. The minimum absolute atomic E-state index is 0.0673. The summed E-state index contributed by atoms with van der Waals surface area (Å²) in [5.74, 6) is 0.153. The van der Waals surface area contributed by atoms with Crippen molar-refractivity contribution in [2.45, 2.75) is 62.9 Å². The number of fused-ring (bicyclic) bond motifs is 1. The highest BCUT2D eigenvalue weighted by molar-refractivity contribution is 7.72. The van der Waals surface area contributed by atoms with Crippen LogP contribution in [0.15, 0.2) is 0 Å². The Kier molecular flexibility index (Phi) is 4.79. The van der Waals surface area contributed by atoms with Crippen molar-refractivity contribution >= 4 is 15.2 Å². The first-order chi connectivity index (χ1) is 9.57. The molecule has 7 nitrogen and oxygen atoms in total. The summed E-state index contributed by atoms with van der Waals surface area (Å²) in [7, 11) is -9.80. The Hall–Kier alpha value is 0.260. The number of rotatable bonds is 4. The molecule has 0 spiro atoms. The van der Waals surface area contributed by atoms with Crippen LogP contribution in [0.1, 0.15) is 46.0 Å². The van der Waals surface area contributed by atoms with E-state index >= 15 is 0 Å². The third kappa shape index (κ3) is 2.78. The second-order valence-electron chi connectivity index (χ2n) is 6.34. The van der Waals surface area contributed by atoms with Crippen molar-refractivity contribution in [1.29, 1.82) is 0 Å². The quantitative estimate of drug-likeness (QED) is 0.492. The van der Waals surface area contributed by atoms with Gasteiger partial charge in [-0.2, -0.15) is 0 Å². The van der Waals surface area contributed by atoms with Crippen molar-refractivity contribution in [2.75, 3.05) is 0 Å². The third-order valence-corrected chi connectivity index (χ3v) is 9.96. The van der Waals surface area contributed by atoms with Crippen LogP contribution in [0.2, 0.25) is 0 Å². The van der Waals surface area contributed by atoms with E-state index in [-0.39, 0.29) is 36.8 Å². The highest BCUT2D eigenvalue weighted by atomic mass is 31.2. The summed E-state index contributed by atoms with van der Waals surface area (Å²) in [4.78, 5) is 36.3. The van der Waals surface area contributed by atoms with E-state index in [1.807, 2.05) is 6.92 Å². The van der Waals surface area contributed by atoms with E-state index in [1.54, 1.807) is 0 Å². The summed E-state index contributed by atoms with van der Waals surface area (Å²) in [6.07, 6.45) is 1.93. The predicted molar refractivity (Wildman–Crippen MR) is 78.9 cm³/mol. The van der Waals surface area contributed by atoms with Crippen LogP contribution in [0.25, 0.3) is 0 Å². The van der Waals surface area contributed by atoms with Crippen LogP contribution in [0.5, 0.6) is 0 Å². The molecule has 0 amide bonds. The first-order valence-electron chi connectivity index (χ1n) is 7.44. The van der Waals surface area contributed by atoms with Gasteiger partial charge >= 0.3 is 15.2 Å². The lowest BCUT2D eigenvalue weighted by Crippen LogP contribution is -2.41. The van der Waals surface area contributed by atoms with Gasteiger partial charge in [0.1, 0.15) is 0 Å². The molecule has 21 heavy (non-hydrogen) atoms. The largest absolute Gasteiger partial charge is 0.343 e. The van der Waals surface area contributed by atoms with E-state index in [0.29, 0.717) is 6.42 Å². The molecule has 2 rings (SSSR count). The molecular formula is C12H25NO6P2. The summed E-state index contributed by atoms with van der Waals surface area (Å²) >= 11 is 0. The molecule has 1 saturated heterocycles. The van der Waals surface area contributed by atoms with Crippen LogP contribution < -0.4 is 5.32 Å². The van der Waals surface area contributed by atoms with E-state index in [1.165, 1.54) is 0 Å². The van der Waals surface area contributed by atoms with Gasteiger partial charge in [-0.25, -0.2) is 0 Å². The van der Waals surface area contributed by atoms with Crippen molar-refractivity contribution in [3.8, 4) is 0 Å². The second-order valence-corrected chi connectivity index (χ2v) is 10.6. The zero-order chi connectivity index (χ0) is 16.1. The molecule has 2 aliphatic rings. The van der Waals surface area contributed by atoms with Crippen LogP contribution in [-0.4, -0.2) is 36.6 Å². The molecular weight excluding hydrogens is 316 g/mol. The zero-order valence-corrected chi connectivity index (χ0v) is 14.1. The SMILES string of the molecule is CCC1NC(CC)C2CC(P(=O)(O)O)(P(=O)(O)O)CCC12. The fraction of sp³-hybridized carbons (Fsp3) is 1.00. The molecule has 124 valence electrons. The molecule has 0 aromatic heterocycles. The van der Waals surface area contributed by atoms with Gasteiger partial charge in [0.05, 0.1) is 0 Å². The summed E-state index contributed by atoms with van der Waals surface area (Å²) in [6, 6.07) is 0.337. The fourth-order valence-corrected chi connectivity index (χ4v) is 7.34. The van der Waals surface area contributed by atoms with Gasteiger partial charge in [0.2, 0.25) is 0 Å². The lowest BCUT2D eigenvalue weighted by Gasteiger charge is -2.43. The zero-order valence-electron chi connectivity index (χ0n) is 12.3. The van der Waals surface area contributed by atoms with Gasteiger partial charge in [0.15, 0.2) is 4.90 Å². The Morgan fingerprint density at radius 3 is 1.90 bits per heavy atom. The van der Waals surface area contributed by atoms with Crippen molar-refractivity contribution in [3.63, 3.8) is 0 Å². The van der Waals surface area contributed by atoms with Gasteiger partial charge in [-0.3, -0.25) is 9.13 Å². The summed E-state index contributed by atoms with van der Waals surface area (Å²) in [6.45, 7) is 4.04. The van der Waals surface area contributed by atoms with Gasteiger partial charge < -0.3 is 24.9 Å². The van der Waals surface area contributed by atoms with Crippen LogP contribution in [0.3, 0.4) is 0 Å². The number of hydrogen-bond donors (Lipinski definition) is 5. The maximum atomic E-state index is 11.9.